The third-order valence-electron chi connectivity index (χ3n) is 3.48. The van der Waals surface area contributed by atoms with E-state index < -0.39 is 0 Å². The van der Waals surface area contributed by atoms with Gasteiger partial charge in [0.25, 0.3) is 5.91 Å². The fourth-order valence-electron chi connectivity index (χ4n) is 2.40. The van der Waals surface area contributed by atoms with E-state index in [1.807, 2.05) is 10.3 Å². The van der Waals surface area contributed by atoms with E-state index in [9.17, 15) is 4.79 Å². The van der Waals surface area contributed by atoms with Gasteiger partial charge in [0, 0.05) is 24.0 Å². The van der Waals surface area contributed by atoms with Gasteiger partial charge in [0.2, 0.25) is 0 Å². The van der Waals surface area contributed by atoms with Crippen molar-refractivity contribution in [3.8, 4) is 0 Å². The van der Waals surface area contributed by atoms with Crippen molar-refractivity contribution in [1.82, 2.24) is 15.2 Å². The number of hydrogen-bond acceptors (Lipinski definition) is 4. The number of carbonyl (C=O) groups excluding carboxylic acids is 1. The molecular weight excluding hydrogens is 234 g/mol. The Hall–Kier alpha value is -0.940. The molecule has 2 heterocycles. The predicted molar refractivity (Wildman–Crippen MR) is 67.2 cm³/mol. The molecule has 5 heteroatoms. The normalized spacial score (nSPS) is 23.9. The molecule has 92 valence electrons. The Balaban J connectivity index is 1.69. The summed E-state index contributed by atoms with van der Waals surface area (Å²) in [6, 6.07) is 0.949. The Morgan fingerprint density at radius 1 is 1.53 bits per heavy atom. The second-order valence-electron chi connectivity index (χ2n) is 4.86. The number of aromatic nitrogens is 1. The number of thiazole rings is 1. The SMILES string of the molecule is O=C(c1cscn1)N(CC1CCCN1)C1CC1. The van der Waals surface area contributed by atoms with Crippen LogP contribution in [0.4, 0.5) is 0 Å². The van der Waals surface area contributed by atoms with Crippen LogP contribution in [-0.4, -0.2) is 41.0 Å². The molecule has 1 saturated heterocycles. The van der Waals surface area contributed by atoms with Crippen molar-refractivity contribution in [2.24, 2.45) is 0 Å². The highest BCUT2D eigenvalue weighted by Crippen LogP contribution is 2.29. The standard InChI is InChI=1S/C12H17N3OS/c16-12(11-7-17-8-14-11)15(10-3-4-10)6-9-2-1-5-13-9/h7-10,13H,1-6H2. The summed E-state index contributed by atoms with van der Waals surface area (Å²) in [4.78, 5) is 18.5. The van der Waals surface area contributed by atoms with Gasteiger partial charge in [-0.1, -0.05) is 0 Å². The maximum Gasteiger partial charge on any atom is 0.273 e. The summed E-state index contributed by atoms with van der Waals surface area (Å²) in [6.45, 7) is 1.94. The largest absolute Gasteiger partial charge is 0.333 e. The van der Waals surface area contributed by atoms with E-state index in [2.05, 4.69) is 10.3 Å². The summed E-state index contributed by atoms with van der Waals surface area (Å²) in [6.07, 6.45) is 4.73. The molecule has 0 bridgehead atoms. The number of nitrogens with zero attached hydrogens (tertiary/aromatic N) is 2. The first-order chi connectivity index (χ1) is 8.34. The van der Waals surface area contributed by atoms with Crippen molar-refractivity contribution >= 4 is 17.2 Å². The first-order valence-corrected chi connectivity index (χ1v) is 7.21. The van der Waals surface area contributed by atoms with E-state index in [1.165, 1.54) is 24.2 Å². The quantitative estimate of drug-likeness (QED) is 0.882. The van der Waals surface area contributed by atoms with Crippen LogP contribution in [0, 0.1) is 0 Å². The highest BCUT2D eigenvalue weighted by molar-refractivity contribution is 7.07. The third-order valence-corrected chi connectivity index (χ3v) is 4.07. The second kappa shape index (κ2) is 4.74. The minimum absolute atomic E-state index is 0.113. The molecule has 1 amide bonds. The van der Waals surface area contributed by atoms with Gasteiger partial charge in [-0.15, -0.1) is 11.3 Å². The molecule has 1 aromatic heterocycles. The molecule has 1 aromatic rings. The van der Waals surface area contributed by atoms with Crippen molar-refractivity contribution in [2.75, 3.05) is 13.1 Å². The van der Waals surface area contributed by atoms with E-state index in [1.54, 1.807) is 5.51 Å². The molecule has 0 aromatic carbocycles. The second-order valence-corrected chi connectivity index (χ2v) is 5.57. The zero-order valence-electron chi connectivity index (χ0n) is 9.76. The molecule has 2 aliphatic rings. The molecule has 0 spiro atoms. The molecule has 4 nitrogen and oxygen atoms in total. The van der Waals surface area contributed by atoms with Crippen molar-refractivity contribution < 1.29 is 4.79 Å². The molecule has 17 heavy (non-hydrogen) atoms. The van der Waals surface area contributed by atoms with Crippen LogP contribution in [0.2, 0.25) is 0 Å². The Kier molecular flexibility index (Phi) is 3.11. The van der Waals surface area contributed by atoms with Crippen LogP contribution in [0.5, 0.6) is 0 Å². The van der Waals surface area contributed by atoms with Gasteiger partial charge in [-0.2, -0.15) is 0 Å². The minimum atomic E-state index is 0.113. The summed E-state index contributed by atoms with van der Waals surface area (Å²) in [5.74, 6) is 0.113. The lowest BCUT2D eigenvalue weighted by molar-refractivity contribution is 0.0723. The maximum absolute atomic E-state index is 12.3. The number of amides is 1. The zero-order chi connectivity index (χ0) is 11.7. The summed E-state index contributed by atoms with van der Waals surface area (Å²) in [7, 11) is 0. The summed E-state index contributed by atoms with van der Waals surface area (Å²) >= 11 is 1.49. The van der Waals surface area contributed by atoms with Crippen LogP contribution in [-0.2, 0) is 0 Å². The van der Waals surface area contributed by atoms with E-state index in [0.717, 1.165) is 25.9 Å². The van der Waals surface area contributed by atoms with E-state index in [0.29, 0.717) is 17.8 Å². The van der Waals surface area contributed by atoms with Gasteiger partial charge in [0.15, 0.2) is 0 Å². The third kappa shape index (κ3) is 2.50. The number of nitrogens with one attached hydrogen (secondary N) is 1. The first kappa shape index (κ1) is 11.2. The summed E-state index contributed by atoms with van der Waals surface area (Å²) in [5.41, 5.74) is 2.34. The van der Waals surface area contributed by atoms with Gasteiger partial charge in [-0.3, -0.25) is 4.79 Å². The Morgan fingerprint density at radius 3 is 3.00 bits per heavy atom. The molecule has 3 rings (SSSR count). The van der Waals surface area contributed by atoms with Gasteiger partial charge >= 0.3 is 0 Å². The minimum Gasteiger partial charge on any atom is -0.333 e. The number of hydrogen-bond donors (Lipinski definition) is 1. The summed E-state index contributed by atoms with van der Waals surface area (Å²) in [5, 5.41) is 5.31. The van der Waals surface area contributed by atoms with E-state index >= 15 is 0 Å². The molecule has 2 fully saturated rings. The molecule has 1 saturated carbocycles. The van der Waals surface area contributed by atoms with E-state index in [4.69, 9.17) is 0 Å². The molecule has 0 radical (unpaired) electrons. The Bertz CT molecular complexity index is 382. The van der Waals surface area contributed by atoms with Crippen LogP contribution >= 0.6 is 11.3 Å². The van der Waals surface area contributed by atoms with Gasteiger partial charge in [0.1, 0.15) is 5.69 Å². The van der Waals surface area contributed by atoms with Crippen LogP contribution < -0.4 is 5.32 Å². The molecule has 1 unspecified atom stereocenters. The molecular formula is C12H17N3OS. The van der Waals surface area contributed by atoms with Crippen molar-refractivity contribution in [3.05, 3.63) is 16.6 Å². The fourth-order valence-corrected chi connectivity index (χ4v) is 2.93. The van der Waals surface area contributed by atoms with Crippen molar-refractivity contribution in [2.45, 2.75) is 37.8 Å². The summed E-state index contributed by atoms with van der Waals surface area (Å²) < 4.78 is 0. The maximum atomic E-state index is 12.3. The molecule has 1 aliphatic heterocycles. The highest BCUT2D eigenvalue weighted by atomic mass is 32.1. The average molecular weight is 251 g/mol. The topological polar surface area (TPSA) is 45.2 Å². The highest BCUT2D eigenvalue weighted by Gasteiger charge is 2.35. The molecule has 1 aliphatic carbocycles. The lowest BCUT2D eigenvalue weighted by Crippen LogP contribution is -2.42. The Morgan fingerprint density at radius 2 is 2.41 bits per heavy atom. The van der Waals surface area contributed by atoms with Crippen LogP contribution in [0.1, 0.15) is 36.2 Å². The monoisotopic (exact) mass is 251 g/mol. The van der Waals surface area contributed by atoms with Gasteiger partial charge < -0.3 is 10.2 Å². The van der Waals surface area contributed by atoms with Gasteiger partial charge in [0.05, 0.1) is 5.51 Å². The van der Waals surface area contributed by atoms with Crippen molar-refractivity contribution in [3.63, 3.8) is 0 Å². The predicted octanol–water partition coefficient (Wildman–Crippen LogP) is 1.50. The lowest BCUT2D eigenvalue weighted by Gasteiger charge is -2.25. The van der Waals surface area contributed by atoms with Gasteiger partial charge in [-0.25, -0.2) is 4.98 Å². The average Bonchev–Trinajstić information content (AvgIpc) is 2.86. The van der Waals surface area contributed by atoms with Crippen LogP contribution in [0.3, 0.4) is 0 Å². The lowest BCUT2D eigenvalue weighted by atomic mass is 10.2. The molecule has 1 atom stereocenters. The fraction of sp³-hybridized carbons (Fsp3) is 0.667. The van der Waals surface area contributed by atoms with E-state index in [-0.39, 0.29) is 5.91 Å². The Labute approximate surface area is 105 Å². The first-order valence-electron chi connectivity index (χ1n) is 6.27. The van der Waals surface area contributed by atoms with Crippen LogP contribution in [0.15, 0.2) is 10.9 Å². The number of rotatable bonds is 4. The zero-order valence-corrected chi connectivity index (χ0v) is 10.6. The van der Waals surface area contributed by atoms with Gasteiger partial charge in [-0.05, 0) is 32.2 Å². The smallest absolute Gasteiger partial charge is 0.273 e. The van der Waals surface area contributed by atoms with Crippen LogP contribution in [0.25, 0.3) is 0 Å². The molecule has 1 N–H and O–H groups in total. The number of carbonyl (C=O) groups is 1. The van der Waals surface area contributed by atoms with Crippen molar-refractivity contribution in [1.29, 1.82) is 0 Å².